The lowest BCUT2D eigenvalue weighted by atomic mass is 10.1. The van der Waals surface area contributed by atoms with Gasteiger partial charge in [0.2, 0.25) is 0 Å². The second kappa shape index (κ2) is 9.96. The van der Waals surface area contributed by atoms with E-state index in [0.717, 1.165) is 76.9 Å². The zero-order chi connectivity index (χ0) is 22.8. The maximum Gasteiger partial charge on any atom is 0.253 e. The molecule has 0 aromatic heterocycles. The Bertz CT molecular complexity index is 964. The lowest BCUT2D eigenvalue weighted by Gasteiger charge is -2.49. The molecule has 1 aliphatic carbocycles. The molecule has 0 saturated carbocycles. The van der Waals surface area contributed by atoms with E-state index in [2.05, 4.69) is 82.1 Å². The lowest BCUT2D eigenvalue weighted by Crippen LogP contribution is -2.64. The van der Waals surface area contributed by atoms with Gasteiger partial charge < -0.3 is 4.90 Å². The Morgan fingerprint density at radius 2 is 1.97 bits per heavy atom. The Morgan fingerprint density at radius 1 is 1.09 bits per heavy atom. The highest BCUT2D eigenvalue weighted by atomic mass is 16.2. The normalized spacial score (nSPS) is 27.0. The molecule has 3 aliphatic heterocycles. The largest absolute Gasteiger partial charge is 0.310 e. The number of carbonyl (C=O) groups excluding carboxylic acids is 1. The van der Waals surface area contributed by atoms with E-state index in [4.69, 9.17) is 0 Å². The fourth-order valence-electron chi connectivity index (χ4n) is 5.96. The number of hydrogen-bond donors (Lipinski definition) is 0. The van der Waals surface area contributed by atoms with Crippen LogP contribution < -0.4 is 0 Å². The van der Waals surface area contributed by atoms with Crippen molar-refractivity contribution in [1.82, 2.24) is 19.6 Å². The summed E-state index contributed by atoms with van der Waals surface area (Å²) in [5, 5.41) is 0. The van der Waals surface area contributed by atoms with Crippen molar-refractivity contribution in [2.45, 2.75) is 51.4 Å². The lowest BCUT2D eigenvalue weighted by molar-refractivity contribution is -0.148. The average Bonchev–Trinajstić information content (AvgIpc) is 3.10. The van der Waals surface area contributed by atoms with Gasteiger partial charge in [-0.25, -0.2) is 0 Å². The summed E-state index contributed by atoms with van der Waals surface area (Å²) in [6.45, 7) is 7.78. The maximum atomic E-state index is 14.0. The number of rotatable bonds is 5. The van der Waals surface area contributed by atoms with Gasteiger partial charge in [0.05, 0.1) is 0 Å². The van der Waals surface area contributed by atoms with Gasteiger partial charge in [-0.1, -0.05) is 48.6 Å². The Morgan fingerprint density at radius 3 is 2.79 bits per heavy atom. The van der Waals surface area contributed by atoms with Crippen LogP contribution >= 0.6 is 0 Å². The first kappa shape index (κ1) is 22.6. The molecule has 2 bridgehead atoms. The number of carbonyl (C=O) groups is 1. The quantitative estimate of drug-likeness (QED) is 0.692. The molecule has 2 atom stereocenters. The Hall–Kier alpha value is -2.21. The van der Waals surface area contributed by atoms with Crippen molar-refractivity contribution in [2.75, 3.05) is 46.3 Å². The van der Waals surface area contributed by atoms with Gasteiger partial charge >= 0.3 is 0 Å². The van der Waals surface area contributed by atoms with E-state index in [1.165, 1.54) is 16.7 Å². The van der Waals surface area contributed by atoms with Crippen molar-refractivity contribution in [3.05, 3.63) is 70.8 Å². The zero-order valence-corrected chi connectivity index (χ0v) is 20.2. The number of benzene rings is 1. The molecule has 1 aromatic rings. The van der Waals surface area contributed by atoms with E-state index in [-0.39, 0.29) is 12.2 Å². The molecular weight excluding hydrogens is 408 g/mol. The van der Waals surface area contributed by atoms with Crippen LogP contribution in [0, 0.1) is 6.92 Å². The second-order valence-electron chi connectivity index (χ2n) is 10.1. The summed E-state index contributed by atoms with van der Waals surface area (Å²) in [6.07, 6.45) is 14.7. The molecule has 1 fully saturated rings. The van der Waals surface area contributed by atoms with Crippen molar-refractivity contribution in [3.63, 3.8) is 0 Å². The van der Waals surface area contributed by atoms with Crippen LogP contribution in [0.25, 0.3) is 0 Å². The minimum Gasteiger partial charge on any atom is -0.310 e. The maximum absolute atomic E-state index is 14.0. The minimum absolute atomic E-state index is 0.0598. The van der Waals surface area contributed by atoms with Crippen LogP contribution in [-0.2, 0) is 11.2 Å². The third-order valence-electron chi connectivity index (χ3n) is 7.75. The molecule has 5 rings (SSSR count). The van der Waals surface area contributed by atoms with Crippen LogP contribution in [0.2, 0.25) is 0 Å². The van der Waals surface area contributed by atoms with E-state index < -0.39 is 0 Å². The Kier molecular flexibility index (Phi) is 6.81. The van der Waals surface area contributed by atoms with Crippen LogP contribution in [-0.4, -0.2) is 84.2 Å². The number of amides is 1. The van der Waals surface area contributed by atoms with E-state index in [9.17, 15) is 4.79 Å². The number of allylic oxidation sites excluding steroid dienone is 2. The summed E-state index contributed by atoms with van der Waals surface area (Å²) >= 11 is 0. The molecular formula is C28H38N4O. The zero-order valence-electron chi connectivity index (χ0n) is 20.2. The van der Waals surface area contributed by atoms with Gasteiger partial charge in [-0.3, -0.25) is 19.5 Å². The standard InChI is InChI=1S/C28H38N4O/c1-22-9-6-7-12-24(22)13-18-32-27(33)25-19-26(31-16-8-15-29(2)28(31)32)14-17-30(21-25)20-23-10-4-3-5-11-23/h4,6-7,9-12,19,26,28H,3,5,8,13-18,20-21H2,1-2H3. The molecule has 1 amide bonds. The molecule has 5 nitrogen and oxygen atoms in total. The van der Waals surface area contributed by atoms with Gasteiger partial charge in [0.15, 0.2) is 0 Å². The summed E-state index contributed by atoms with van der Waals surface area (Å²) in [4.78, 5) is 23.6. The van der Waals surface area contributed by atoms with Crippen molar-refractivity contribution in [1.29, 1.82) is 0 Å². The molecule has 4 aliphatic rings. The van der Waals surface area contributed by atoms with Crippen molar-refractivity contribution >= 4 is 5.91 Å². The highest BCUT2D eigenvalue weighted by Gasteiger charge is 2.42. The molecule has 0 N–H and O–H groups in total. The van der Waals surface area contributed by atoms with Crippen molar-refractivity contribution in [3.8, 4) is 0 Å². The van der Waals surface area contributed by atoms with Crippen LogP contribution in [0.3, 0.4) is 0 Å². The van der Waals surface area contributed by atoms with Gasteiger partial charge in [0, 0.05) is 50.9 Å². The van der Waals surface area contributed by atoms with E-state index in [1.807, 2.05) is 0 Å². The number of hydrogen-bond acceptors (Lipinski definition) is 4. The number of fused-ring (bicyclic) bond motifs is 3. The molecule has 176 valence electrons. The average molecular weight is 447 g/mol. The predicted octanol–water partition coefficient (Wildman–Crippen LogP) is 3.58. The molecule has 5 heteroatoms. The Labute approximate surface area is 199 Å². The fourth-order valence-corrected chi connectivity index (χ4v) is 5.96. The molecule has 0 spiro atoms. The third-order valence-corrected chi connectivity index (χ3v) is 7.75. The molecule has 2 unspecified atom stereocenters. The summed E-state index contributed by atoms with van der Waals surface area (Å²) in [6, 6.07) is 8.91. The van der Waals surface area contributed by atoms with Crippen molar-refractivity contribution < 1.29 is 4.79 Å². The van der Waals surface area contributed by atoms with E-state index in [1.54, 1.807) is 0 Å². The fraction of sp³-hybridized carbons (Fsp3) is 0.536. The Balaban J connectivity index is 1.39. The smallest absolute Gasteiger partial charge is 0.253 e. The van der Waals surface area contributed by atoms with Gasteiger partial charge in [0.1, 0.15) is 6.29 Å². The van der Waals surface area contributed by atoms with Crippen LogP contribution in [0.4, 0.5) is 0 Å². The van der Waals surface area contributed by atoms with E-state index in [0.29, 0.717) is 6.04 Å². The number of nitrogens with zero attached hydrogens (tertiary/aromatic N) is 4. The summed E-state index contributed by atoms with van der Waals surface area (Å²) in [5.41, 5.74) is 5.04. The van der Waals surface area contributed by atoms with Crippen molar-refractivity contribution in [2.24, 2.45) is 0 Å². The predicted molar refractivity (Wildman–Crippen MR) is 134 cm³/mol. The molecule has 1 aromatic carbocycles. The molecule has 3 heterocycles. The van der Waals surface area contributed by atoms with Gasteiger partial charge in [-0.15, -0.1) is 0 Å². The first-order valence-electron chi connectivity index (χ1n) is 12.7. The summed E-state index contributed by atoms with van der Waals surface area (Å²) < 4.78 is 0. The third kappa shape index (κ3) is 4.86. The monoisotopic (exact) mass is 446 g/mol. The van der Waals surface area contributed by atoms with Crippen LogP contribution in [0.1, 0.15) is 36.8 Å². The molecule has 33 heavy (non-hydrogen) atoms. The van der Waals surface area contributed by atoms with Gasteiger partial charge in [-0.2, -0.15) is 0 Å². The molecule has 1 saturated heterocycles. The van der Waals surface area contributed by atoms with Crippen LogP contribution in [0.15, 0.2) is 59.7 Å². The number of aryl methyl sites for hydroxylation is 1. The topological polar surface area (TPSA) is 30.0 Å². The van der Waals surface area contributed by atoms with E-state index >= 15 is 0 Å². The first-order valence-corrected chi connectivity index (χ1v) is 12.7. The SMILES string of the molecule is Cc1ccccc1CCN1C(=O)C2=CC(CCN(CC3=CCCC=C3)C2)N2CCCN(C)C12. The van der Waals surface area contributed by atoms with Gasteiger partial charge in [0.25, 0.3) is 5.91 Å². The van der Waals surface area contributed by atoms with Crippen LogP contribution in [0.5, 0.6) is 0 Å². The summed E-state index contributed by atoms with van der Waals surface area (Å²) in [7, 11) is 2.19. The highest BCUT2D eigenvalue weighted by Crippen LogP contribution is 2.30. The molecule has 0 radical (unpaired) electrons. The van der Waals surface area contributed by atoms with Gasteiger partial charge in [-0.05, 0) is 62.8 Å². The highest BCUT2D eigenvalue weighted by molar-refractivity contribution is 5.94. The second-order valence-corrected chi connectivity index (χ2v) is 10.1. The summed E-state index contributed by atoms with van der Waals surface area (Å²) in [5.74, 6) is 0.231. The first-order chi connectivity index (χ1) is 16.1. The minimum atomic E-state index is 0.0598.